The molecule has 4 aromatic rings. The van der Waals surface area contributed by atoms with Gasteiger partial charge in [0.2, 0.25) is 0 Å². The molecule has 1 N–H and O–H groups in total. The molecule has 6 nitrogen and oxygen atoms in total. The van der Waals surface area contributed by atoms with E-state index in [0.29, 0.717) is 17.0 Å². The number of aromatic nitrogens is 1. The van der Waals surface area contributed by atoms with E-state index in [0.717, 1.165) is 47.2 Å². The van der Waals surface area contributed by atoms with Crippen LogP contribution < -0.4 is 10.1 Å². The number of pyridine rings is 1. The first-order chi connectivity index (χ1) is 16.2. The average molecular weight is 438 g/mol. The van der Waals surface area contributed by atoms with E-state index in [9.17, 15) is 9.59 Å². The van der Waals surface area contributed by atoms with Crippen LogP contribution in [0, 0.1) is 0 Å². The number of nitrogens with zero attached hydrogens (tertiary/aromatic N) is 1. The summed E-state index contributed by atoms with van der Waals surface area (Å²) in [6.45, 7) is -0.369. The first-order valence-electron chi connectivity index (χ1n) is 10.9. The number of rotatable bonds is 6. The van der Waals surface area contributed by atoms with Crippen molar-refractivity contribution in [3.63, 3.8) is 0 Å². The quantitative estimate of drug-likeness (QED) is 0.413. The van der Waals surface area contributed by atoms with Crippen molar-refractivity contribution in [2.24, 2.45) is 0 Å². The number of para-hydroxylation sites is 2. The Labute approximate surface area is 191 Å². The smallest absolute Gasteiger partial charge is 0.339 e. The van der Waals surface area contributed by atoms with Crippen LogP contribution in [-0.4, -0.2) is 23.5 Å². The van der Waals surface area contributed by atoms with Crippen LogP contribution >= 0.6 is 0 Å². The van der Waals surface area contributed by atoms with Gasteiger partial charge in [-0.15, -0.1) is 0 Å². The first kappa shape index (κ1) is 20.7. The van der Waals surface area contributed by atoms with Gasteiger partial charge in [0.15, 0.2) is 6.61 Å². The maximum Gasteiger partial charge on any atom is 0.339 e. The van der Waals surface area contributed by atoms with Gasteiger partial charge >= 0.3 is 5.97 Å². The summed E-state index contributed by atoms with van der Waals surface area (Å²) in [7, 11) is 0. The molecule has 0 unspecified atom stereocenters. The van der Waals surface area contributed by atoms with Crippen molar-refractivity contribution in [1.29, 1.82) is 0 Å². The Kier molecular flexibility index (Phi) is 5.72. The molecule has 0 atom stereocenters. The van der Waals surface area contributed by atoms with Crippen LogP contribution in [0.4, 0.5) is 5.69 Å². The monoisotopic (exact) mass is 438 g/mol. The van der Waals surface area contributed by atoms with E-state index in [1.54, 1.807) is 24.3 Å². The molecule has 0 fully saturated rings. The highest BCUT2D eigenvalue weighted by molar-refractivity contribution is 6.06. The minimum Gasteiger partial charge on any atom is -0.457 e. The SMILES string of the molecule is O=C(COC(=O)c1c2c(nc3ccccc13)CCC2)Nc1ccc(Oc2ccccc2)cc1. The minimum absolute atomic E-state index is 0.369. The fraction of sp³-hybridized carbons (Fsp3) is 0.148. The van der Waals surface area contributed by atoms with Gasteiger partial charge in [-0.2, -0.15) is 0 Å². The summed E-state index contributed by atoms with van der Waals surface area (Å²) in [6.07, 6.45) is 2.61. The van der Waals surface area contributed by atoms with Gasteiger partial charge in [-0.05, 0) is 67.3 Å². The Morgan fingerprint density at radius 1 is 0.848 bits per heavy atom. The minimum atomic E-state index is -0.492. The zero-order chi connectivity index (χ0) is 22.6. The summed E-state index contributed by atoms with van der Waals surface area (Å²) in [4.78, 5) is 30.0. The average Bonchev–Trinajstić information content (AvgIpc) is 3.31. The third-order valence-corrected chi connectivity index (χ3v) is 5.57. The first-order valence-corrected chi connectivity index (χ1v) is 10.9. The molecule has 3 aromatic carbocycles. The Hall–Kier alpha value is -4.19. The molecule has 1 aliphatic rings. The molecule has 1 aliphatic carbocycles. The number of ether oxygens (including phenoxy) is 2. The molecular weight excluding hydrogens is 416 g/mol. The molecule has 0 saturated carbocycles. The van der Waals surface area contributed by atoms with Crippen molar-refractivity contribution in [3.8, 4) is 11.5 Å². The number of nitrogens with one attached hydrogen (secondary N) is 1. The summed E-state index contributed by atoms with van der Waals surface area (Å²) >= 11 is 0. The van der Waals surface area contributed by atoms with E-state index in [1.807, 2.05) is 54.6 Å². The van der Waals surface area contributed by atoms with Crippen LogP contribution in [0.2, 0.25) is 0 Å². The molecule has 0 aliphatic heterocycles. The number of hydrogen-bond donors (Lipinski definition) is 1. The van der Waals surface area contributed by atoms with Crippen molar-refractivity contribution in [2.45, 2.75) is 19.3 Å². The van der Waals surface area contributed by atoms with Gasteiger partial charge in [0.05, 0.1) is 11.1 Å². The molecule has 6 heteroatoms. The zero-order valence-electron chi connectivity index (χ0n) is 17.9. The van der Waals surface area contributed by atoms with Crippen LogP contribution in [-0.2, 0) is 22.4 Å². The number of benzene rings is 3. The lowest BCUT2D eigenvalue weighted by Crippen LogP contribution is -2.21. The largest absolute Gasteiger partial charge is 0.457 e. The Balaban J connectivity index is 1.23. The molecule has 1 aromatic heterocycles. The molecule has 33 heavy (non-hydrogen) atoms. The van der Waals surface area contributed by atoms with Crippen LogP contribution in [0.15, 0.2) is 78.9 Å². The van der Waals surface area contributed by atoms with Gasteiger partial charge < -0.3 is 14.8 Å². The number of carbonyl (C=O) groups excluding carboxylic acids is 2. The van der Waals surface area contributed by atoms with Crippen LogP contribution in [0.3, 0.4) is 0 Å². The molecule has 1 heterocycles. The van der Waals surface area contributed by atoms with Gasteiger partial charge in [-0.3, -0.25) is 9.78 Å². The number of amides is 1. The fourth-order valence-corrected chi connectivity index (χ4v) is 4.08. The molecular formula is C27H22N2O4. The second-order valence-electron chi connectivity index (χ2n) is 7.85. The number of fused-ring (bicyclic) bond motifs is 2. The van der Waals surface area contributed by atoms with E-state index < -0.39 is 11.9 Å². The third-order valence-electron chi connectivity index (χ3n) is 5.57. The maximum atomic E-state index is 12.9. The van der Waals surface area contributed by atoms with E-state index in [2.05, 4.69) is 10.3 Å². The summed E-state index contributed by atoms with van der Waals surface area (Å²) < 4.78 is 11.1. The third kappa shape index (κ3) is 4.55. The number of esters is 1. The fourth-order valence-electron chi connectivity index (χ4n) is 4.08. The Morgan fingerprint density at radius 2 is 1.58 bits per heavy atom. The van der Waals surface area contributed by atoms with Crippen molar-refractivity contribution in [1.82, 2.24) is 4.98 Å². The van der Waals surface area contributed by atoms with Crippen LogP contribution in [0.5, 0.6) is 11.5 Å². The highest BCUT2D eigenvalue weighted by atomic mass is 16.5. The lowest BCUT2D eigenvalue weighted by atomic mass is 10.0. The molecule has 0 bridgehead atoms. The molecule has 0 saturated heterocycles. The molecule has 164 valence electrons. The van der Waals surface area contributed by atoms with Gasteiger partial charge in [0.1, 0.15) is 11.5 Å². The van der Waals surface area contributed by atoms with E-state index in [1.165, 1.54) is 0 Å². The van der Waals surface area contributed by atoms with Crippen molar-refractivity contribution in [2.75, 3.05) is 11.9 Å². The predicted molar refractivity (Wildman–Crippen MR) is 126 cm³/mol. The number of anilines is 1. The summed E-state index contributed by atoms with van der Waals surface area (Å²) in [6, 6.07) is 24.0. The van der Waals surface area contributed by atoms with Crippen molar-refractivity contribution in [3.05, 3.63) is 95.7 Å². The normalized spacial score (nSPS) is 12.2. The Morgan fingerprint density at radius 3 is 2.39 bits per heavy atom. The predicted octanol–water partition coefficient (Wildman–Crippen LogP) is 5.31. The van der Waals surface area contributed by atoms with Gasteiger partial charge in [0, 0.05) is 16.8 Å². The molecule has 0 radical (unpaired) electrons. The van der Waals surface area contributed by atoms with Gasteiger partial charge in [-0.25, -0.2) is 4.79 Å². The van der Waals surface area contributed by atoms with Crippen LogP contribution in [0.25, 0.3) is 10.9 Å². The highest BCUT2D eigenvalue weighted by Gasteiger charge is 2.25. The maximum absolute atomic E-state index is 12.9. The van der Waals surface area contributed by atoms with E-state index >= 15 is 0 Å². The van der Waals surface area contributed by atoms with Gasteiger partial charge in [0.25, 0.3) is 5.91 Å². The standard InChI is InChI=1S/C27H22N2O4/c30-25(28-18-13-15-20(16-14-18)33-19-7-2-1-3-8-19)17-32-27(31)26-21-9-4-5-11-23(21)29-24-12-6-10-22(24)26/h1-5,7-9,11,13-16H,6,10,12,17H2,(H,28,30). The summed E-state index contributed by atoms with van der Waals surface area (Å²) in [5.41, 5.74) is 3.78. The highest BCUT2D eigenvalue weighted by Crippen LogP contribution is 2.30. The number of aryl methyl sites for hydroxylation is 1. The van der Waals surface area contributed by atoms with Crippen molar-refractivity contribution >= 4 is 28.5 Å². The number of carbonyl (C=O) groups is 2. The lowest BCUT2D eigenvalue weighted by Gasteiger charge is -2.12. The molecule has 0 spiro atoms. The number of hydrogen-bond acceptors (Lipinski definition) is 5. The molecule has 5 rings (SSSR count). The topological polar surface area (TPSA) is 77.5 Å². The van der Waals surface area contributed by atoms with Crippen molar-refractivity contribution < 1.29 is 19.1 Å². The summed E-state index contributed by atoms with van der Waals surface area (Å²) in [5, 5.41) is 3.51. The second-order valence-corrected chi connectivity index (χ2v) is 7.85. The molecule has 1 amide bonds. The summed E-state index contributed by atoms with van der Waals surface area (Å²) in [5.74, 6) is 0.490. The van der Waals surface area contributed by atoms with E-state index in [-0.39, 0.29) is 6.61 Å². The van der Waals surface area contributed by atoms with Gasteiger partial charge in [-0.1, -0.05) is 36.4 Å². The zero-order valence-corrected chi connectivity index (χ0v) is 17.9. The van der Waals surface area contributed by atoms with E-state index in [4.69, 9.17) is 9.47 Å². The Bertz CT molecular complexity index is 1320. The second kappa shape index (κ2) is 9.12. The van der Waals surface area contributed by atoms with Crippen LogP contribution in [0.1, 0.15) is 28.0 Å². The lowest BCUT2D eigenvalue weighted by molar-refractivity contribution is -0.119.